The zero-order valence-electron chi connectivity index (χ0n) is 13.8. The van der Waals surface area contributed by atoms with Gasteiger partial charge in [0.1, 0.15) is 5.75 Å². The number of methoxy groups -OCH3 is 1. The largest absolute Gasteiger partial charge is 0.497 e. The normalized spacial score (nSPS) is 10.5. The van der Waals surface area contributed by atoms with Crippen molar-refractivity contribution in [3.05, 3.63) is 46.6 Å². The van der Waals surface area contributed by atoms with E-state index in [4.69, 9.17) is 9.26 Å². The van der Waals surface area contributed by atoms with Crippen LogP contribution in [-0.2, 0) is 0 Å². The topological polar surface area (TPSA) is 94.3 Å². The molecule has 1 aromatic carbocycles. The molecular weight excluding hydrogens is 342 g/mol. The SMILES string of the molecule is COc1ccc(-c2cc(C(=O)Nc3nc(C)c(C(C)=O)s3)no2)cc1. The van der Waals surface area contributed by atoms with Gasteiger partial charge in [-0.05, 0) is 31.2 Å². The van der Waals surface area contributed by atoms with E-state index in [0.717, 1.165) is 22.6 Å². The quantitative estimate of drug-likeness (QED) is 0.702. The highest BCUT2D eigenvalue weighted by atomic mass is 32.1. The molecule has 0 aliphatic rings. The van der Waals surface area contributed by atoms with Crippen LogP contribution in [0.4, 0.5) is 5.13 Å². The molecule has 2 aromatic heterocycles. The molecule has 0 saturated carbocycles. The summed E-state index contributed by atoms with van der Waals surface area (Å²) in [6.45, 7) is 3.19. The highest BCUT2D eigenvalue weighted by Gasteiger charge is 2.17. The van der Waals surface area contributed by atoms with E-state index in [1.165, 1.54) is 6.92 Å². The van der Waals surface area contributed by atoms with Crippen molar-refractivity contribution >= 4 is 28.2 Å². The number of Topliss-reactive ketones (excluding diaryl/α,β-unsaturated/α-hetero) is 1. The molecule has 0 bridgehead atoms. The molecule has 7 nitrogen and oxygen atoms in total. The van der Waals surface area contributed by atoms with Crippen LogP contribution < -0.4 is 10.1 Å². The van der Waals surface area contributed by atoms with Gasteiger partial charge >= 0.3 is 0 Å². The van der Waals surface area contributed by atoms with Crippen LogP contribution in [-0.4, -0.2) is 28.9 Å². The van der Waals surface area contributed by atoms with E-state index in [0.29, 0.717) is 21.5 Å². The summed E-state index contributed by atoms with van der Waals surface area (Å²) in [6.07, 6.45) is 0. The molecule has 3 rings (SSSR count). The zero-order valence-corrected chi connectivity index (χ0v) is 14.6. The Hall–Kier alpha value is -3.00. The minimum absolute atomic E-state index is 0.0845. The number of benzene rings is 1. The monoisotopic (exact) mass is 357 g/mol. The second-order valence-corrected chi connectivity index (χ2v) is 6.25. The Labute approximate surface area is 147 Å². The van der Waals surface area contributed by atoms with Crippen LogP contribution in [0.5, 0.6) is 5.75 Å². The van der Waals surface area contributed by atoms with Crippen LogP contribution in [0.25, 0.3) is 11.3 Å². The van der Waals surface area contributed by atoms with Crippen molar-refractivity contribution in [3.8, 4) is 17.1 Å². The number of carbonyl (C=O) groups excluding carboxylic acids is 2. The second-order valence-electron chi connectivity index (χ2n) is 5.25. The van der Waals surface area contributed by atoms with Gasteiger partial charge in [-0.15, -0.1) is 0 Å². The zero-order chi connectivity index (χ0) is 18.0. The molecule has 3 aromatic rings. The standard InChI is InChI=1S/C17H15N3O4S/c1-9-15(10(2)21)25-17(18-9)19-16(22)13-8-14(24-20-13)11-4-6-12(23-3)7-5-11/h4-8H,1-3H3,(H,18,19,22). The molecule has 0 aliphatic heterocycles. The minimum atomic E-state index is -0.452. The van der Waals surface area contributed by atoms with E-state index >= 15 is 0 Å². The number of aryl methyl sites for hydroxylation is 1. The summed E-state index contributed by atoms with van der Waals surface area (Å²) in [5.74, 6) is 0.653. The summed E-state index contributed by atoms with van der Waals surface area (Å²) in [5, 5.41) is 6.77. The Morgan fingerprint density at radius 3 is 2.56 bits per heavy atom. The van der Waals surface area contributed by atoms with Crippen molar-refractivity contribution in [1.29, 1.82) is 0 Å². The van der Waals surface area contributed by atoms with Gasteiger partial charge in [0.05, 0.1) is 17.7 Å². The first-order valence-corrected chi connectivity index (χ1v) is 8.20. The van der Waals surface area contributed by atoms with Crippen LogP contribution in [0.1, 0.15) is 32.8 Å². The van der Waals surface area contributed by atoms with Crippen LogP contribution in [0, 0.1) is 6.92 Å². The lowest BCUT2D eigenvalue weighted by Gasteiger charge is -1.99. The maximum atomic E-state index is 12.3. The number of nitrogens with zero attached hydrogens (tertiary/aromatic N) is 2. The lowest BCUT2D eigenvalue weighted by atomic mass is 10.1. The van der Waals surface area contributed by atoms with E-state index in [9.17, 15) is 9.59 Å². The van der Waals surface area contributed by atoms with E-state index in [-0.39, 0.29) is 11.5 Å². The Kier molecular flexibility index (Phi) is 4.62. The third-order valence-electron chi connectivity index (χ3n) is 3.45. The first-order valence-electron chi connectivity index (χ1n) is 7.39. The van der Waals surface area contributed by atoms with Crippen molar-refractivity contribution < 1.29 is 18.8 Å². The second kappa shape index (κ2) is 6.86. The number of rotatable bonds is 5. The molecule has 0 unspecified atom stereocenters. The van der Waals surface area contributed by atoms with E-state index in [2.05, 4.69) is 15.5 Å². The van der Waals surface area contributed by atoms with Gasteiger partial charge in [-0.25, -0.2) is 4.98 Å². The number of carbonyl (C=O) groups is 2. The fraction of sp³-hybridized carbons (Fsp3) is 0.176. The molecule has 0 spiro atoms. The fourth-order valence-electron chi connectivity index (χ4n) is 2.21. The molecule has 0 fully saturated rings. The maximum Gasteiger partial charge on any atom is 0.279 e. The Balaban J connectivity index is 1.76. The lowest BCUT2D eigenvalue weighted by molar-refractivity contribution is 0.101. The van der Waals surface area contributed by atoms with Crippen LogP contribution in [0.3, 0.4) is 0 Å². The third-order valence-corrected chi connectivity index (χ3v) is 4.63. The molecule has 0 radical (unpaired) electrons. The molecule has 25 heavy (non-hydrogen) atoms. The molecule has 2 heterocycles. The lowest BCUT2D eigenvalue weighted by Crippen LogP contribution is -2.11. The smallest absolute Gasteiger partial charge is 0.279 e. The van der Waals surface area contributed by atoms with E-state index in [1.54, 1.807) is 32.2 Å². The first-order chi connectivity index (χ1) is 12.0. The highest BCUT2D eigenvalue weighted by molar-refractivity contribution is 7.17. The number of ketones is 1. The molecular formula is C17H15N3O4S. The fourth-order valence-corrected chi connectivity index (χ4v) is 3.07. The number of nitrogens with one attached hydrogen (secondary N) is 1. The van der Waals surface area contributed by atoms with Crippen LogP contribution in [0.15, 0.2) is 34.9 Å². The summed E-state index contributed by atoms with van der Waals surface area (Å²) < 4.78 is 10.3. The summed E-state index contributed by atoms with van der Waals surface area (Å²) in [6, 6.07) is 8.75. The average Bonchev–Trinajstić information content (AvgIpc) is 3.22. The number of hydrogen-bond acceptors (Lipinski definition) is 7. The van der Waals surface area contributed by atoms with E-state index in [1.807, 2.05) is 12.1 Å². The summed E-state index contributed by atoms with van der Waals surface area (Å²) in [4.78, 5) is 28.4. The van der Waals surface area contributed by atoms with E-state index < -0.39 is 5.91 Å². The van der Waals surface area contributed by atoms with Gasteiger partial charge in [0.15, 0.2) is 22.4 Å². The summed E-state index contributed by atoms with van der Waals surface area (Å²) in [5.41, 5.74) is 1.49. The van der Waals surface area contributed by atoms with Gasteiger partial charge < -0.3 is 9.26 Å². The number of anilines is 1. The van der Waals surface area contributed by atoms with Crippen molar-refractivity contribution in [1.82, 2.24) is 10.1 Å². The van der Waals surface area contributed by atoms with Gasteiger partial charge in [-0.3, -0.25) is 14.9 Å². The Bertz CT molecular complexity index is 928. The molecule has 1 N–H and O–H groups in total. The van der Waals surface area contributed by atoms with Crippen molar-refractivity contribution in [3.63, 3.8) is 0 Å². The highest BCUT2D eigenvalue weighted by Crippen LogP contribution is 2.25. The number of aromatic nitrogens is 2. The minimum Gasteiger partial charge on any atom is -0.497 e. The summed E-state index contributed by atoms with van der Waals surface area (Å²) in [7, 11) is 1.59. The van der Waals surface area contributed by atoms with Crippen LogP contribution >= 0.6 is 11.3 Å². The predicted molar refractivity (Wildman–Crippen MR) is 93.3 cm³/mol. The van der Waals surface area contributed by atoms with Gasteiger partial charge in [0.2, 0.25) is 0 Å². The van der Waals surface area contributed by atoms with Gasteiger partial charge in [0.25, 0.3) is 5.91 Å². The van der Waals surface area contributed by atoms with Gasteiger partial charge in [0, 0.05) is 18.6 Å². The third kappa shape index (κ3) is 3.58. The molecule has 0 aliphatic carbocycles. The van der Waals surface area contributed by atoms with Gasteiger partial charge in [-0.1, -0.05) is 16.5 Å². The molecule has 0 saturated heterocycles. The molecule has 0 atom stereocenters. The number of amides is 1. The molecule has 1 amide bonds. The van der Waals surface area contributed by atoms with Crippen molar-refractivity contribution in [2.75, 3.05) is 12.4 Å². The van der Waals surface area contributed by atoms with Crippen molar-refractivity contribution in [2.24, 2.45) is 0 Å². The average molecular weight is 357 g/mol. The first kappa shape index (κ1) is 16.8. The summed E-state index contributed by atoms with van der Waals surface area (Å²) >= 11 is 1.13. The predicted octanol–water partition coefficient (Wildman–Crippen LogP) is 3.57. The number of ether oxygens (including phenoxy) is 1. The van der Waals surface area contributed by atoms with Crippen LogP contribution in [0.2, 0.25) is 0 Å². The van der Waals surface area contributed by atoms with Gasteiger partial charge in [-0.2, -0.15) is 0 Å². The van der Waals surface area contributed by atoms with Crippen molar-refractivity contribution in [2.45, 2.75) is 13.8 Å². The number of thiazole rings is 1. The molecule has 8 heteroatoms. The number of hydrogen-bond donors (Lipinski definition) is 1. The Morgan fingerprint density at radius 1 is 1.24 bits per heavy atom. The Morgan fingerprint density at radius 2 is 1.96 bits per heavy atom. The maximum absolute atomic E-state index is 12.3. The molecule has 128 valence electrons.